The van der Waals surface area contributed by atoms with Gasteiger partial charge in [-0.05, 0) is 66.5 Å². The van der Waals surface area contributed by atoms with Crippen molar-refractivity contribution in [3.8, 4) is 0 Å². The fourth-order valence-electron chi connectivity index (χ4n) is 3.79. The van der Waals surface area contributed by atoms with Crippen molar-refractivity contribution < 1.29 is 18.0 Å². The van der Waals surface area contributed by atoms with Crippen LogP contribution in [0.25, 0.3) is 0 Å². The highest BCUT2D eigenvalue weighted by atomic mass is 19.4. The van der Waals surface area contributed by atoms with Crippen LogP contribution in [0.1, 0.15) is 41.0 Å². The van der Waals surface area contributed by atoms with E-state index in [4.69, 9.17) is 0 Å². The van der Waals surface area contributed by atoms with Gasteiger partial charge in [-0.3, -0.25) is 4.79 Å². The number of fused-ring (bicyclic) bond motifs is 1. The molecule has 2 aliphatic rings. The molecule has 2 atom stereocenters. The number of rotatable bonds is 3. The Hall–Kier alpha value is -2.30. The molecule has 0 aliphatic heterocycles. The molecule has 1 saturated carbocycles. The smallest absolute Gasteiger partial charge is 0.326 e. The second-order valence-corrected chi connectivity index (χ2v) is 6.86. The van der Waals surface area contributed by atoms with Gasteiger partial charge in [0.1, 0.15) is 0 Å². The lowest BCUT2D eigenvalue weighted by atomic mass is 10.0. The van der Waals surface area contributed by atoms with Gasteiger partial charge in [0.05, 0.1) is 5.56 Å². The number of carbonyl (C=O) groups excluding carboxylic acids is 1. The maximum Gasteiger partial charge on any atom is 0.416 e. The van der Waals surface area contributed by atoms with Gasteiger partial charge in [0, 0.05) is 11.6 Å². The van der Waals surface area contributed by atoms with Crippen LogP contribution in [0.4, 0.5) is 18.9 Å². The average Bonchev–Trinajstić information content (AvgIpc) is 3.25. The van der Waals surface area contributed by atoms with Gasteiger partial charge in [-0.1, -0.05) is 24.3 Å². The zero-order valence-corrected chi connectivity index (χ0v) is 13.6. The Balaban J connectivity index is 1.48. The molecule has 2 aliphatic carbocycles. The van der Waals surface area contributed by atoms with Gasteiger partial charge in [0.2, 0.25) is 5.91 Å². The number of hydrogen-bond donors (Lipinski definition) is 1. The molecule has 4 rings (SSSR count). The molecule has 0 bridgehead atoms. The fraction of sp³-hybridized carbons (Fsp3) is 0.350. The number of carbonyl (C=O) groups is 1. The van der Waals surface area contributed by atoms with Crippen molar-refractivity contribution in [1.82, 2.24) is 0 Å². The highest BCUT2D eigenvalue weighted by molar-refractivity contribution is 5.95. The molecule has 1 amide bonds. The van der Waals surface area contributed by atoms with Gasteiger partial charge < -0.3 is 5.32 Å². The predicted molar refractivity (Wildman–Crippen MR) is 89.4 cm³/mol. The lowest BCUT2D eigenvalue weighted by molar-refractivity contribution is -0.138. The maximum absolute atomic E-state index is 13.1. The molecule has 5 heteroatoms. The number of benzene rings is 2. The summed E-state index contributed by atoms with van der Waals surface area (Å²) in [6.07, 6.45) is -0.706. The van der Waals surface area contributed by atoms with Crippen LogP contribution < -0.4 is 5.32 Å². The SMILES string of the molecule is O=C(Nc1ccc2c(c1)CCC2)C1CC1c1ccccc1C(F)(F)F. The molecule has 2 aromatic carbocycles. The van der Waals surface area contributed by atoms with Crippen molar-refractivity contribution >= 4 is 11.6 Å². The van der Waals surface area contributed by atoms with Crippen LogP contribution in [-0.4, -0.2) is 5.91 Å². The topological polar surface area (TPSA) is 29.1 Å². The summed E-state index contributed by atoms with van der Waals surface area (Å²) in [6, 6.07) is 11.4. The van der Waals surface area contributed by atoms with Crippen LogP contribution >= 0.6 is 0 Å². The first-order valence-corrected chi connectivity index (χ1v) is 8.52. The largest absolute Gasteiger partial charge is 0.416 e. The third-order valence-electron chi connectivity index (χ3n) is 5.16. The summed E-state index contributed by atoms with van der Waals surface area (Å²) in [4.78, 5) is 12.4. The summed E-state index contributed by atoms with van der Waals surface area (Å²) >= 11 is 0. The van der Waals surface area contributed by atoms with Crippen LogP contribution in [-0.2, 0) is 23.8 Å². The van der Waals surface area contributed by atoms with Crippen LogP contribution in [0.5, 0.6) is 0 Å². The minimum atomic E-state index is -4.39. The monoisotopic (exact) mass is 345 g/mol. The fourth-order valence-corrected chi connectivity index (χ4v) is 3.79. The molecule has 1 N–H and O–H groups in total. The number of amides is 1. The first-order valence-electron chi connectivity index (χ1n) is 8.52. The summed E-state index contributed by atoms with van der Waals surface area (Å²) in [5, 5.41) is 2.87. The van der Waals surface area contributed by atoms with E-state index in [-0.39, 0.29) is 17.4 Å². The number of nitrogens with one attached hydrogen (secondary N) is 1. The standard InChI is InChI=1S/C20H18F3NO/c21-20(22,23)18-7-2-1-6-15(18)16-11-17(16)19(25)24-14-9-8-12-4-3-5-13(12)10-14/h1-2,6-10,16-17H,3-5,11H2,(H,24,25). The molecule has 0 aromatic heterocycles. The quantitative estimate of drug-likeness (QED) is 0.839. The highest BCUT2D eigenvalue weighted by Crippen LogP contribution is 2.51. The lowest BCUT2D eigenvalue weighted by Gasteiger charge is -2.12. The summed E-state index contributed by atoms with van der Waals surface area (Å²) in [5.41, 5.74) is 2.91. The van der Waals surface area contributed by atoms with Gasteiger partial charge >= 0.3 is 6.18 Å². The Morgan fingerprint density at radius 3 is 2.60 bits per heavy atom. The van der Waals surface area contributed by atoms with Gasteiger partial charge in [-0.2, -0.15) is 13.2 Å². The Kier molecular flexibility index (Phi) is 3.82. The van der Waals surface area contributed by atoms with E-state index in [0.717, 1.165) is 31.0 Å². The first kappa shape index (κ1) is 16.2. The van der Waals surface area contributed by atoms with Crippen molar-refractivity contribution in [3.63, 3.8) is 0 Å². The van der Waals surface area contributed by atoms with E-state index < -0.39 is 17.7 Å². The van der Waals surface area contributed by atoms with Gasteiger partial charge in [-0.15, -0.1) is 0 Å². The Bertz CT molecular complexity index is 828. The molecule has 25 heavy (non-hydrogen) atoms. The van der Waals surface area contributed by atoms with Crippen molar-refractivity contribution in [2.45, 2.75) is 37.8 Å². The molecule has 2 nitrogen and oxygen atoms in total. The summed E-state index contributed by atoms with van der Waals surface area (Å²) in [7, 11) is 0. The maximum atomic E-state index is 13.1. The minimum absolute atomic E-state index is 0.195. The molecular formula is C20H18F3NO. The van der Waals surface area contributed by atoms with E-state index >= 15 is 0 Å². The second-order valence-electron chi connectivity index (χ2n) is 6.86. The van der Waals surface area contributed by atoms with Crippen molar-refractivity contribution in [1.29, 1.82) is 0 Å². The second kappa shape index (κ2) is 5.90. The predicted octanol–water partition coefficient (Wildman–Crippen LogP) is 4.94. The number of alkyl halides is 3. The number of hydrogen-bond acceptors (Lipinski definition) is 1. The van der Waals surface area contributed by atoms with Crippen LogP contribution in [0, 0.1) is 5.92 Å². The van der Waals surface area contributed by atoms with E-state index in [1.54, 1.807) is 6.07 Å². The third-order valence-corrected chi connectivity index (χ3v) is 5.16. The van der Waals surface area contributed by atoms with Gasteiger partial charge in [-0.25, -0.2) is 0 Å². The third kappa shape index (κ3) is 3.15. The van der Waals surface area contributed by atoms with E-state index in [1.807, 2.05) is 18.2 Å². The molecule has 2 unspecified atom stereocenters. The van der Waals surface area contributed by atoms with Gasteiger partial charge in [0.15, 0.2) is 0 Å². The van der Waals surface area contributed by atoms with Crippen LogP contribution in [0.15, 0.2) is 42.5 Å². The molecule has 0 radical (unpaired) electrons. The zero-order chi connectivity index (χ0) is 17.6. The zero-order valence-electron chi connectivity index (χ0n) is 13.6. The normalized spacial score (nSPS) is 21.7. The van der Waals surface area contributed by atoms with Crippen LogP contribution in [0.3, 0.4) is 0 Å². The number of anilines is 1. The van der Waals surface area contributed by atoms with E-state index in [0.29, 0.717) is 6.42 Å². The van der Waals surface area contributed by atoms with Crippen LogP contribution in [0.2, 0.25) is 0 Å². The van der Waals surface area contributed by atoms with E-state index in [2.05, 4.69) is 5.32 Å². The molecular weight excluding hydrogens is 327 g/mol. The lowest BCUT2D eigenvalue weighted by Crippen LogP contribution is -2.15. The summed E-state index contributed by atoms with van der Waals surface area (Å²) < 4.78 is 39.4. The highest BCUT2D eigenvalue weighted by Gasteiger charge is 2.47. The van der Waals surface area contributed by atoms with E-state index in [9.17, 15) is 18.0 Å². The number of aryl methyl sites for hydroxylation is 2. The minimum Gasteiger partial charge on any atom is -0.326 e. The Morgan fingerprint density at radius 2 is 1.80 bits per heavy atom. The van der Waals surface area contributed by atoms with Crippen molar-refractivity contribution in [2.75, 3.05) is 5.32 Å². The molecule has 2 aromatic rings. The van der Waals surface area contributed by atoms with Gasteiger partial charge in [0.25, 0.3) is 0 Å². The molecule has 1 fully saturated rings. The summed E-state index contributed by atoms with van der Waals surface area (Å²) in [6.45, 7) is 0. The Morgan fingerprint density at radius 1 is 1.04 bits per heavy atom. The first-order chi connectivity index (χ1) is 11.9. The molecule has 0 heterocycles. The Labute approximate surface area is 144 Å². The number of halogens is 3. The summed E-state index contributed by atoms with van der Waals surface area (Å²) in [5.74, 6) is -0.941. The van der Waals surface area contributed by atoms with Crippen molar-refractivity contribution in [3.05, 3.63) is 64.7 Å². The average molecular weight is 345 g/mol. The van der Waals surface area contributed by atoms with Crippen molar-refractivity contribution in [2.24, 2.45) is 5.92 Å². The molecule has 130 valence electrons. The molecule has 0 saturated heterocycles. The molecule has 0 spiro atoms. The van der Waals surface area contributed by atoms with E-state index in [1.165, 1.54) is 23.3 Å².